The predicted molar refractivity (Wildman–Crippen MR) is 116 cm³/mol. The van der Waals surface area contributed by atoms with Crippen molar-refractivity contribution in [2.45, 2.75) is 94.9 Å². The fraction of sp³-hybridized carbons (Fsp3) is 0.680. The van der Waals surface area contributed by atoms with E-state index in [0.717, 1.165) is 24.9 Å². The number of fused-ring (bicyclic) bond motifs is 3. The second kappa shape index (κ2) is 8.37. The number of nitrogens with zero attached hydrogens (tertiary/aromatic N) is 1. The number of ether oxygens (including phenoxy) is 5. The first-order valence-electron chi connectivity index (χ1n) is 11.6. The third-order valence-corrected chi connectivity index (χ3v) is 6.63. The molecule has 0 unspecified atom stereocenters. The maximum atomic E-state index is 10.0. The summed E-state index contributed by atoms with van der Waals surface area (Å²) in [6.07, 6.45) is -0.0956. The van der Waals surface area contributed by atoms with Gasteiger partial charge in [0.05, 0.1) is 6.61 Å². The van der Waals surface area contributed by atoms with Crippen LogP contribution in [0.15, 0.2) is 30.3 Å². The topological polar surface area (TPSA) is 69.6 Å². The van der Waals surface area contributed by atoms with E-state index in [0.29, 0.717) is 0 Å². The van der Waals surface area contributed by atoms with Crippen LogP contribution >= 0.6 is 0 Å². The average Bonchev–Trinajstić information content (AvgIpc) is 3.42. The lowest BCUT2D eigenvalue weighted by molar-refractivity contribution is -0.242. The summed E-state index contributed by atoms with van der Waals surface area (Å²) < 4.78 is 31.4. The molecule has 4 saturated heterocycles. The first-order valence-corrected chi connectivity index (χ1v) is 11.6. The minimum atomic E-state index is -0.767. The Morgan fingerprint density at radius 1 is 1.00 bits per heavy atom. The summed E-state index contributed by atoms with van der Waals surface area (Å²) in [5.74, 6) is 5.25. The molecule has 4 heterocycles. The van der Waals surface area contributed by atoms with Crippen molar-refractivity contribution in [2.24, 2.45) is 0 Å². The second-order valence-corrected chi connectivity index (χ2v) is 9.93. The molecule has 0 radical (unpaired) electrons. The fourth-order valence-corrected chi connectivity index (χ4v) is 5.35. The zero-order chi connectivity index (χ0) is 22.5. The average molecular weight is 444 g/mol. The molecule has 0 aromatic heterocycles. The van der Waals surface area contributed by atoms with Gasteiger partial charge in [0.15, 0.2) is 17.9 Å². The summed E-state index contributed by atoms with van der Waals surface area (Å²) in [6.45, 7) is 8.53. The Balaban J connectivity index is 1.51. The van der Waals surface area contributed by atoms with E-state index in [4.69, 9.17) is 23.7 Å². The molecule has 0 bridgehead atoms. The second-order valence-electron chi connectivity index (χ2n) is 9.93. The Kier molecular flexibility index (Phi) is 5.83. The van der Waals surface area contributed by atoms with E-state index in [1.54, 1.807) is 0 Å². The molecule has 7 nitrogen and oxygen atoms in total. The maximum Gasteiger partial charge on any atom is 0.190 e. The summed E-state index contributed by atoms with van der Waals surface area (Å²) in [7, 11) is 0. The van der Waals surface area contributed by atoms with E-state index in [1.165, 1.54) is 0 Å². The molecule has 7 atom stereocenters. The van der Waals surface area contributed by atoms with Crippen molar-refractivity contribution in [2.75, 3.05) is 13.2 Å². The Morgan fingerprint density at radius 3 is 2.44 bits per heavy atom. The molecule has 4 fully saturated rings. The largest absolute Gasteiger partial charge is 0.395 e. The van der Waals surface area contributed by atoms with E-state index in [1.807, 2.05) is 58.0 Å². The fourth-order valence-electron chi connectivity index (χ4n) is 5.35. The zero-order valence-corrected chi connectivity index (χ0v) is 19.2. The van der Waals surface area contributed by atoms with Crippen LogP contribution in [0.5, 0.6) is 0 Å². The summed E-state index contributed by atoms with van der Waals surface area (Å²) in [6, 6.07) is 9.67. The van der Waals surface area contributed by atoms with Gasteiger partial charge in [-0.15, -0.1) is 0 Å². The molecule has 32 heavy (non-hydrogen) atoms. The van der Waals surface area contributed by atoms with Gasteiger partial charge in [0, 0.05) is 11.6 Å². The maximum absolute atomic E-state index is 10.0. The van der Waals surface area contributed by atoms with Gasteiger partial charge in [-0.05, 0) is 59.2 Å². The van der Waals surface area contributed by atoms with Gasteiger partial charge < -0.3 is 28.8 Å². The highest BCUT2D eigenvalue weighted by Gasteiger charge is 2.62. The summed E-state index contributed by atoms with van der Waals surface area (Å²) in [4.78, 5) is 2.26. The van der Waals surface area contributed by atoms with Gasteiger partial charge in [-0.25, -0.2) is 0 Å². The molecule has 5 rings (SSSR count). The van der Waals surface area contributed by atoms with Crippen molar-refractivity contribution >= 4 is 0 Å². The van der Waals surface area contributed by atoms with Crippen molar-refractivity contribution in [3.8, 4) is 11.8 Å². The highest BCUT2D eigenvalue weighted by molar-refractivity contribution is 5.35. The van der Waals surface area contributed by atoms with E-state index in [-0.39, 0.29) is 37.0 Å². The van der Waals surface area contributed by atoms with Crippen LogP contribution in [0, 0.1) is 11.8 Å². The number of likely N-dealkylation sites (tertiary alicyclic amines) is 1. The highest BCUT2D eigenvalue weighted by Crippen LogP contribution is 2.45. The Morgan fingerprint density at radius 2 is 1.69 bits per heavy atom. The van der Waals surface area contributed by atoms with E-state index in [9.17, 15) is 5.11 Å². The number of rotatable bonds is 3. The molecule has 1 aromatic rings. The lowest BCUT2D eigenvalue weighted by atomic mass is 9.92. The predicted octanol–water partition coefficient (Wildman–Crippen LogP) is 2.26. The molecular formula is C25H33NO6. The van der Waals surface area contributed by atoms with E-state index < -0.39 is 24.0 Å². The normalized spacial score (nSPS) is 38.5. The molecule has 0 aliphatic carbocycles. The Bertz CT molecular complexity index is 877. The van der Waals surface area contributed by atoms with Crippen molar-refractivity contribution in [1.29, 1.82) is 0 Å². The van der Waals surface area contributed by atoms with Crippen LogP contribution in [0.1, 0.15) is 46.1 Å². The van der Waals surface area contributed by atoms with Crippen LogP contribution in [0.4, 0.5) is 0 Å². The van der Waals surface area contributed by atoms with Crippen molar-refractivity contribution in [3.63, 3.8) is 0 Å². The monoisotopic (exact) mass is 443 g/mol. The summed E-state index contributed by atoms with van der Waals surface area (Å²) in [5.41, 5.74) is 0.938. The number of hydrogen-bond donors (Lipinski definition) is 1. The van der Waals surface area contributed by atoms with Gasteiger partial charge in [0.1, 0.15) is 30.5 Å². The van der Waals surface area contributed by atoms with Crippen LogP contribution in [-0.4, -0.2) is 77.5 Å². The molecule has 7 heteroatoms. The first kappa shape index (κ1) is 22.3. The smallest absolute Gasteiger partial charge is 0.190 e. The molecule has 0 spiro atoms. The SMILES string of the molecule is CC1(C)O[C@@H]2[C@H](O1)[C@H]1OC(C)(C)O[C@H]1O[C@@H]2[C@H](C#Cc1ccccc1)N1CCC[C@@H]1CO. The molecule has 4 aliphatic rings. The first-order chi connectivity index (χ1) is 15.3. The van der Waals surface area contributed by atoms with Gasteiger partial charge in [-0.2, -0.15) is 0 Å². The molecular weight excluding hydrogens is 410 g/mol. The molecule has 174 valence electrons. The molecule has 0 saturated carbocycles. The quantitative estimate of drug-likeness (QED) is 0.719. The zero-order valence-electron chi connectivity index (χ0n) is 19.2. The van der Waals surface area contributed by atoms with E-state index in [2.05, 4.69) is 16.7 Å². The van der Waals surface area contributed by atoms with Gasteiger partial charge >= 0.3 is 0 Å². The third-order valence-electron chi connectivity index (χ3n) is 6.63. The van der Waals surface area contributed by atoms with Crippen molar-refractivity contribution in [1.82, 2.24) is 4.90 Å². The standard InChI is InChI=1S/C25H33NO6/c1-24(2)29-20-19(28-23-22(21(20)30-24)31-25(3,4)32-23)18(26-14-8-11-17(26)15-27)13-12-16-9-6-5-7-10-16/h5-7,9-10,17-23,27H,8,11,14-15H2,1-4H3/t17-,18+,19-,20+,21+,22-,23-/m1/s1. The summed E-state index contributed by atoms with van der Waals surface area (Å²) >= 11 is 0. The van der Waals surface area contributed by atoms with Gasteiger partial charge in [-0.3, -0.25) is 4.90 Å². The molecule has 1 aromatic carbocycles. The van der Waals surface area contributed by atoms with Crippen LogP contribution in [0.2, 0.25) is 0 Å². The minimum absolute atomic E-state index is 0.0392. The lowest BCUT2D eigenvalue weighted by Gasteiger charge is -2.43. The van der Waals surface area contributed by atoms with Crippen LogP contribution in [-0.2, 0) is 23.7 Å². The highest BCUT2D eigenvalue weighted by atomic mass is 16.9. The van der Waals surface area contributed by atoms with Crippen molar-refractivity contribution in [3.05, 3.63) is 35.9 Å². The minimum Gasteiger partial charge on any atom is -0.395 e. The third kappa shape index (κ3) is 4.22. The van der Waals surface area contributed by atoms with Crippen molar-refractivity contribution < 1.29 is 28.8 Å². The van der Waals surface area contributed by atoms with Crippen LogP contribution < -0.4 is 0 Å². The Hall–Kier alpha value is -1.50. The van der Waals surface area contributed by atoms with Crippen LogP contribution in [0.3, 0.4) is 0 Å². The van der Waals surface area contributed by atoms with Gasteiger partial charge in [-0.1, -0.05) is 30.0 Å². The Labute approximate surface area is 189 Å². The van der Waals surface area contributed by atoms with Gasteiger partial charge in [0.2, 0.25) is 0 Å². The summed E-state index contributed by atoms with van der Waals surface area (Å²) in [5, 5.41) is 10.0. The number of aliphatic hydroxyl groups excluding tert-OH is 1. The number of hydrogen-bond acceptors (Lipinski definition) is 7. The number of aliphatic hydroxyl groups is 1. The molecule has 4 aliphatic heterocycles. The molecule has 0 amide bonds. The lowest BCUT2D eigenvalue weighted by Crippen LogP contribution is -2.62. The van der Waals surface area contributed by atoms with Crippen LogP contribution in [0.25, 0.3) is 0 Å². The molecule has 1 N–H and O–H groups in total. The number of benzene rings is 1. The van der Waals surface area contributed by atoms with Gasteiger partial charge in [0.25, 0.3) is 0 Å². The van der Waals surface area contributed by atoms with E-state index >= 15 is 0 Å².